The minimum atomic E-state index is -5.13. The van der Waals surface area contributed by atoms with Crippen molar-refractivity contribution in [1.29, 1.82) is 0 Å². The van der Waals surface area contributed by atoms with Crippen LogP contribution in [-0.2, 0) is 36.4 Å². The Morgan fingerprint density at radius 1 is 0.766 bits per heavy atom. The van der Waals surface area contributed by atoms with Gasteiger partial charge in [0.1, 0.15) is 0 Å². The van der Waals surface area contributed by atoms with Crippen LogP contribution in [0.15, 0.2) is 79.1 Å². The SMILES string of the molecule is O=C(O)CCCOc1cnc(N(Cc2cc(C(F)(F)F)cc(C(F)(F)F)c2)Cc2cc(C(F)(F)F)ccc2-c2ccccc2)nc1.[H-].[Na+]. The van der Waals surface area contributed by atoms with Gasteiger partial charge in [0.2, 0.25) is 5.95 Å². The molecule has 246 valence electrons. The number of hydrogen-bond acceptors (Lipinski definition) is 5. The van der Waals surface area contributed by atoms with E-state index in [9.17, 15) is 44.3 Å². The molecule has 0 aliphatic rings. The van der Waals surface area contributed by atoms with Crippen LogP contribution in [0.4, 0.5) is 45.5 Å². The molecule has 0 saturated carbocycles. The van der Waals surface area contributed by atoms with Crippen LogP contribution in [0.25, 0.3) is 11.1 Å². The summed E-state index contributed by atoms with van der Waals surface area (Å²) >= 11 is 0. The molecule has 0 atom stereocenters. The summed E-state index contributed by atoms with van der Waals surface area (Å²) in [6, 6.07) is 12.2. The van der Waals surface area contributed by atoms with Crippen molar-refractivity contribution in [3.8, 4) is 16.9 Å². The number of aromatic nitrogens is 2. The van der Waals surface area contributed by atoms with Crippen LogP contribution in [0, 0.1) is 0 Å². The molecule has 0 fully saturated rings. The molecular weight excluding hydrogens is 656 g/mol. The van der Waals surface area contributed by atoms with Crippen LogP contribution in [0.3, 0.4) is 0 Å². The molecule has 47 heavy (non-hydrogen) atoms. The Hall–Kier alpha value is -3.82. The van der Waals surface area contributed by atoms with Crippen LogP contribution < -0.4 is 39.2 Å². The third-order valence-corrected chi connectivity index (χ3v) is 6.60. The Labute approximate surface area is 286 Å². The molecule has 16 heteroatoms. The largest absolute Gasteiger partial charge is 1.00 e. The van der Waals surface area contributed by atoms with Crippen molar-refractivity contribution < 1.29 is 85.1 Å². The van der Waals surface area contributed by atoms with Gasteiger partial charge in [0.15, 0.2) is 5.75 Å². The zero-order chi connectivity index (χ0) is 33.7. The standard InChI is InChI=1S/C31H24F9N3O3.Na.H/c32-29(33,34)22-8-9-26(20-5-2-1-3-6-20)21(13-22)18-43(28-41-15-25(16-42-28)46-10-4-7-27(44)45)17-19-11-23(30(35,36)37)14-24(12-19)31(38,39)40;;/h1-3,5-6,8-9,11-16H,4,7,10,17-18H2,(H,44,45);;/q;+1;-1. The van der Waals surface area contributed by atoms with E-state index in [0.29, 0.717) is 23.3 Å². The van der Waals surface area contributed by atoms with Gasteiger partial charge in [0.25, 0.3) is 0 Å². The predicted octanol–water partition coefficient (Wildman–Crippen LogP) is 5.77. The number of carboxylic acids is 1. The molecule has 0 saturated heterocycles. The summed E-state index contributed by atoms with van der Waals surface area (Å²) in [5.41, 5.74) is -3.71. The minimum Gasteiger partial charge on any atom is -1.00 e. The minimum absolute atomic E-state index is 0. The monoisotopic (exact) mass is 681 g/mol. The molecule has 4 aromatic rings. The Morgan fingerprint density at radius 2 is 1.34 bits per heavy atom. The third kappa shape index (κ3) is 10.6. The Bertz CT molecular complexity index is 1620. The summed E-state index contributed by atoms with van der Waals surface area (Å²) in [7, 11) is 0. The number of carboxylic acid groups (broad SMARTS) is 1. The summed E-state index contributed by atoms with van der Waals surface area (Å²) < 4.78 is 128. The first-order valence-corrected chi connectivity index (χ1v) is 13.5. The maximum atomic E-state index is 13.7. The van der Waals surface area contributed by atoms with Gasteiger partial charge < -0.3 is 16.2 Å². The number of anilines is 1. The van der Waals surface area contributed by atoms with Crippen LogP contribution >= 0.6 is 0 Å². The van der Waals surface area contributed by atoms with Crippen LogP contribution in [-0.4, -0.2) is 27.7 Å². The normalized spacial score (nSPS) is 11.9. The molecule has 0 aliphatic carbocycles. The summed E-state index contributed by atoms with van der Waals surface area (Å²) in [6.07, 6.45) is -12.7. The average Bonchev–Trinajstić information content (AvgIpc) is 2.98. The van der Waals surface area contributed by atoms with Crippen molar-refractivity contribution in [2.45, 2.75) is 44.5 Å². The number of alkyl halides is 9. The Morgan fingerprint density at radius 3 is 1.87 bits per heavy atom. The molecular formula is C31H25F9N3NaO3. The van der Waals surface area contributed by atoms with Crippen LogP contribution in [0.2, 0.25) is 0 Å². The Balaban J connectivity index is 0.00000400. The third-order valence-electron chi connectivity index (χ3n) is 6.60. The molecule has 6 nitrogen and oxygen atoms in total. The van der Waals surface area contributed by atoms with Gasteiger partial charge in [-0.3, -0.25) is 4.79 Å². The van der Waals surface area contributed by atoms with E-state index in [4.69, 9.17) is 9.84 Å². The second-order valence-electron chi connectivity index (χ2n) is 10.1. The van der Waals surface area contributed by atoms with Gasteiger partial charge in [-0.05, 0) is 59.0 Å². The van der Waals surface area contributed by atoms with E-state index in [0.717, 1.165) is 29.4 Å². The molecule has 0 radical (unpaired) electrons. The number of aliphatic carboxylic acids is 1. The average molecular weight is 682 g/mol. The topological polar surface area (TPSA) is 75.6 Å². The van der Waals surface area contributed by atoms with Gasteiger partial charge in [0.05, 0.1) is 35.7 Å². The van der Waals surface area contributed by atoms with E-state index >= 15 is 0 Å². The van der Waals surface area contributed by atoms with Crippen molar-refractivity contribution in [2.75, 3.05) is 11.5 Å². The maximum Gasteiger partial charge on any atom is 1.00 e. The van der Waals surface area contributed by atoms with Crippen LogP contribution in [0.5, 0.6) is 5.75 Å². The van der Waals surface area contributed by atoms with Crippen LogP contribution in [0.1, 0.15) is 42.1 Å². The maximum absolute atomic E-state index is 13.7. The molecule has 0 amide bonds. The van der Waals surface area contributed by atoms with Gasteiger partial charge in [-0.15, -0.1) is 0 Å². The first kappa shape index (κ1) is 37.6. The van der Waals surface area contributed by atoms with Gasteiger partial charge in [0, 0.05) is 19.5 Å². The van der Waals surface area contributed by atoms with E-state index in [1.54, 1.807) is 30.3 Å². The molecule has 1 heterocycles. The van der Waals surface area contributed by atoms with Crippen molar-refractivity contribution in [1.82, 2.24) is 9.97 Å². The fourth-order valence-electron chi connectivity index (χ4n) is 4.49. The fraction of sp³-hybridized carbons (Fsp3) is 0.258. The van der Waals surface area contributed by atoms with E-state index < -0.39 is 59.8 Å². The van der Waals surface area contributed by atoms with Crippen molar-refractivity contribution >= 4 is 11.9 Å². The fourth-order valence-corrected chi connectivity index (χ4v) is 4.49. The second kappa shape index (κ2) is 15.4. The molecule has 0 unspecified atom stereocenters. The first-order chi connectivity index (χ1) is 21.5. The van der Waals surface area contributed by atoms with Crippen molar-refractivity contribution in [3.63, 3.8) is 0 Å². The summed E-state index contributed by atoms with van der Waals surface area (Å²) in [5, 5.41) is 8.75. The zero-order valence-corrected chi connectivity index (χ0v) is 26.5. The number of nitrogens with zero attached hydrogens (tertiary/aromatic N) is 3. The number of carbonyl (C=O) groups is 1. The van der Waals surface area contributed by atoms with Gasteiger partial charge >= 0.3 is 54.1 Å². The molecule has 1 N–H and O–H groups in total. The molecule has 0 aliphatic heterocycles. The molecule has 4 rings (SSSR count). The number of ether oxygens (including phenoxy) is 1. The van der Waals surface area contributed by atoms with Gasteiger partial charge in [-0.1, -0.05) is 36.4 Å². The smallest absolute Gasteiger partial charge is 1.00 e. The number of halogens is 9. The number of benzene rings is 3. The first-order valence-electron chi connectivity index (χ1n) is 13.5. The van der Waals surface area contributed by atoms with Gasteiger partial charge in [-0.2, -0.15) is 39.5 Å². The number of rotatable bonds is 11. The van der Waals surface area contributed by atoms with E-state index in [1.165, 1.54) is 6.07 Å². The molecule has 0 bridgehead atoms. The van der Waals surface area contributed by atoms with Crippen molar-refractivity contribution in [3.05, 3.63) is 107 Å². The summed E-state index contributed by atoms with van der Waals surface area (Å²) in [4.78, 5) is 20.1. The summed E-state index contributed by atoms with van der Waals surface area (Å²) in [5.74, 6) is -1.20. The predicted molar refractivity (Wildman–Crippen MR) is 149 cm³/mol. The molecule has 1 aromatic heterocycles. The van der Waals surface area contributed by atoms with Gasteiger partial charge in [-0.25, -0.2) is 9.97 Å². The zero-order valence-electron chi connectivity index (χ0n) is 25.5. The van der Waals surface area contributed by atoms with Crippen molar-refractivity contribution in [2.24, 2.45) is 0 Å². The quantitative estimate of drug-likeness (QED) is 0.123. The number of hydrogen-bond donors (Lipinski definition) is 1. The summed E-state index contributed by atoms with van der Waals surface area (Å²) in [6.45, 7) is -1.13. The second-order valence-corrected chi connectivity index (χ2v) is 10.1. The Kier molecular flexibility index (Phi) is 12.3. The van der Waals surface area contributed by atoms with E-state index in [1.807, 2.05) is 0 Å². The molecule has 3 aromatic carbocycles. The van der Waals surface area contributed by atoms with E-state index in [-0.39, 0.29) is 73.8 Å². The molecule has 0 spiro atoms. The van der Waals surface area contributed by atoms with E-state index in [2.05, 4.69) is 9.97 Å².